The van der Waals surface area contributed by atoms with Crippen LogP contribution in [-0.4, -0.2) is 39.0 Å². The average molecular weight is 517 g/mol. The lowest BCUT2D eigenvalue weighted by atomic mass is 9.83. The molecule has 38 heavy (non-hydrogen) atoms. The first-order valence-corrected chi connectivity index (χ1v) is 12.7. The molecule has 2 amide bonds. The van der Waals surface area contributed by atoms with Crippen LogP contribution in [0.1, 0.15) is 32.6 Å². The van der Waals surface area contributed by atoms with Crippen molar-refractivity contribution in [1.29, 1.82) is 5.26 Å². The number of pyridine rings is 1. The maximum Gasteiger partial charge on any atom is 0.253 e. The Balaban J connectivity index is 1.38. The molecular weight excluding hydrogens is 490 g/mol. The molecule has 1 N–H and O–H groups in total. The molecule has 2 atom stereocenters. The van der Waals surface area contributed by atoms with Gasteiger partial charge in [-0.2, -0.15) is 10.4 Å². The smallest absolute Gasteiger partial charge is 0.253 e. The number of carbonyl (C=O) groups excluding carboxylic acids is 2. The van der Waals surface area contributed by atoms with E-state index in [4.69, 9.17) is 0 Å². The number of hydrogen-bond donors (Lipinski definition) is 1. The van der Waals surface area contributed by atoms with Crippen LogP contribution in [0.15, 0.2) is 48.9 Å². The second-order valence-electron chi connectivity index (χ2n) is 10.5. The summed E-state index contributed by atoms with van der Waals surface area (Å²) in [5, 5.41) is 17.0. The van der Waals surface area contributed by atoms with Gasteiger partial charge in [0.1, 0.15) is 5.41 Å². The number of aromatic nitrogens is 3. The molecule has 3 aromatic rings. The number of anilines is 2. The Kier molecular flexibility index (Phi) is 5.56. The molecule has 8 nitrogen and oxygen atoms in total. The molecule has 1 aromatic carbocycles. The van der Waals surface area contributed by atoms with Crippen molar-refractivity contribution in [3.05, 3.63) is 48.9 Å². The third-order valence-corrected chi connectivity index (χ3v) is 7.82. The van der Waals surface area contributed by atoms with E-state index in [1.54, 1.807) is 47.8 Å². The van der Waals surface area contributed by atoms with Gasteiger partial charge in [-0.25, -0.2) is 8.78 Å². The van der Waals surface area contributed by atoms with Gasteiger partial charge in [0, 0.05) is 61.6 Å². The zero-order valence-corrected chi connectivity index (χ0v) is 20.8. The Morgan fingerprint density at radius 3 is 2.76 bits per heavy atom. The monoisotopic (exact) mass is 516 g/mol. The molecule has 2 aliphatic carbocycles. The zero-order chi connectivity index (χ0) is 26.7. The quantitative estimate of drug-likeness (QED) is 0.482. The number of alkyl halides is 2. The molecule has 0 radical (unpaired) electrons. The minimum absolute atomic E-state index is 0.116. The number of hydrogen-bond acceptors (Lipinski definition) is 5. The highest BCUT2D eigenvalue weighted by atomic mass is 19.3. The Hall–Kier alpha value is -4.13. The molecular formula is C28H26F2N6O2. The maximum absolute atomic E-state index is 13.4. The van der Waals surface area contributed by atoms with Crippen molar-refractivity contribution in [3.8, 4) is 28.5 Å². The highest BCUT2D eigenvalue weighted by Gasteiger charge is 2.57. The van der Waals surface area contributed by atoms with E-state index in [1.165, 1.54) is 11.6 Å². The summed E-state index contributed by atoms with van der Waals surface area (Å²) in [5.41, 5.74) is 2.75. The Morgan fingerprint density at radius 1 is 1.29 bits per heavy atom. The van der Waals surface area contributed by atoms with Crippen LogP contribution in [0, 0.1) is 28.6 Å². The van der Waals surface area contributed by atoms with Gasteiger partial charge in [0.15, 0.2) is 0 Å². The van der Waals surface area contributed by atoms with E-state index in [9.17, 15) is 23.6 Å². The summed E-state index contributed by atoms with van der Waals surface area (Å²) in [6, 6.07) is 11.3. The summed E-state index contributed by atoms with van der Waals surface area (Å²) >= 11 is 0. The van der Waals surface area contributed by atoms with Gasteiger partial charge in [0.05, 0.1) is 23.6 Å². The van der Waals surface area contributed by atoms with Gasteiger partial charge in [0.25, 0.3) is 5.92 Å². The van der Waals surface area contributed by atoms with E-state index in [2.05, 4.69) is 21.5 Å². The molecule has 2 saturated carbocycles. The van der Waals surface area contributed by atoms with E-state index < -0.39 is 17.3 Å². The Labute approximate surface area is 218 Å². The number of amides is 2. The highest BCUT2D eigenvalue weighted by Crippen LogP contribution is 2.52. The van der Waals surface area contributed by atoms with Gasteiger partial charge in [0.2, 0.25) is 11.8 Å². The number of nitrogens with one attached hydrogen (secondary N) is 1. The van der Waals surface area contributed by atoms with Crippen LogP contribution in [0.3, 0.4) is 0 Å². The van der Waals surface area contributed by atoms with E-state index >= 15 is 0 Å². The summed E-state index contributed by atoms with van der Waals surface area (Å²) < 4.78 is 28.4. The predicted molar refractivity (Wildman–Crippen MR) is 136 cm³/mol. The van der Waals surface area contributed by atoms with Crippen molar-refractivity contribution < 1.29 is 18.4 Å². The van der Waals surface area contributed by atoms with Crippen LogP contribution in [0.25, 0.3) is 22.4 Å². The van der Waals surface area contributed by atoms with Crippen LogP contribution in [0.2, 0.25) is 0 Å². The number of carbonyl (C=O) groups is 2. The largest absolute Gasteiger partial charge is 0.326 e. The maximum atomic E-state index is 13.4. The van der Waals surface area contributed by atoms with E-state index in [0.717, 1.165) is 12.8 Å². The summed E-state index contributed by atoms with van der Waals surface area (Å²) in [5.74, 6) is -3.67. The molecule has 1 saturated heterocycles. The van der Waals surface area contributed by atoms with E-state index in [0.29, 0.717) is 46.7 Å². The van der Waals surface area contributed by atoms with Crippen LogP contribution < -0.4 is 10.2 Å². The fourth-order valence-corrected chi connectivity index (χ4v) is 5.52. The molecule has 0 spiro atoms. The van der Waals surface area contributed by atoms with Crippen molar-refractivity contribution in [3.63, 3.8) is 0 Å². The summed E-state index contributed by atoms with van der Waals surface area (Å²) in [6.45, 7) is 1.99. The lowest BCUT2D eigenvalue weighted by Gasteiger charge is -2.22. The molecule has 3 aliphatic rings. The van der Waals surface area contributed by atoms with Crippen LogP contribution in [-0.2, 0) is 16.1 Å². The summed E-state index contributed by atoms with van der Waals surface area (Å²) in [6.07, 6.45) is 7.09. The normalized spacial score (nSPS) is 23.8. The molecule has 194 valence electrons. The second kappa shape index (κ2) is 8.72. The first-order chi connectivity index (χ1) is 18.2. The number of halogens is 2. The molecule has 0 bridgehead atoms. The van der Waals surface area contributed by atoms with Gasteiger partial charge in [-0.05, 0) is 48.9 Å². The van der Waals surface area contributed by atoms with Crippen LogP contribution in [0.4, 0.5) is 20.2 Å². The highest BCUT2D eigenvalue weighted by molar-refractivity contribution is 6.03. The topological polar surface area (TPSA) is 104 Å². The molecule has 3 heterocycles. The van der Waals surface area contributed by atoms with Crippen molar-refractivity contribution in [1.82, 2.24) is 14.8 Å². The van der Waals surface area contributed by atoms with Gasteiger partial charge in [-0.1, -0.05) is 12.1 Å². The molecule has 2 aromatic heterocycles. The summed E-state index contributed by atoms with van der Waals surface area (Å²) in [4.78, 5) is 31.6. The standard InChI is InChI=1S/C28H26F2N6O2/c1-17(37)34-23-4-2-3-22(18-13-33-35(14-18)15-20-12-28(20,29)30)25(23)24-11-21(7-9-32-24)36-10-8-27(16-31,26(36)38)19-5-6-19/h2-4,7,9,11,13-14,19-20H,5-6,8,10,12,15H2,1H3,(H,34,37)/t20?,27-/m1/s1. The minimum Gasteiger partial charge on any atom is -0.326 e. The van der Waals surface area contributed by atoms with Crippen molar-refractivity contribution in [2.45, 2.75) is 45.1 Å². The molecule has 10 heteroatoms. The number of nitriles is 1. The van der Waals surface area contributed by atoms with Gasteiger partial charge in [-0.3, -0.25) is 19.3 Å². The first kappa shape index (κ1) is 24.2. The van der Waals surface area contributed by atoms with E-state index in [-0.39, 0.29) is 30.7 Å². The van der Waals surface area contributed by atoms with Crippen molar-refractivity contribution in [2.75, 3.05) is 16.8 Å². The fraction of sp³-hybridized carbons (Fsp3) is 0.393. The number of rotatable bonds is 7. The third-order valence-electron chi connectivity index (χ3n) is 7.82. The second-order valence-corrected chi connectivity index (χ2v) is 10.5. The molecule has 1 unspecified atom stereocenters. The molecule has 3 fully saturated rings. The minimum atomic E-state index is -2.64. The number of nitrogens with zero attached hydrogens (tertiary/aromatic N) is 5. The lowest BCUT2D eigenvalue weighted by molar-refractivity contribution is -0.123. The number of benzene rings is 1. The third kappa shape index (κ3) is 4.12. The SMILES string of the molecule is CC(=O)Nc1cccc(-c2cnn(CC3CC3(F)F)c2)c1-c1cc(N2CC[C@@](C#N)(C3CC3)C2=O)ccn1. The first-order valence-electron chi connectivity index (χ1n) is 12.7. The van der Waals surface area contributed by atoms with E-state index in [1.807, 2.05) is 6.07 Å². The van der Waals surface area contributed by atoms with Crippen LogP contribution >= 0.6 is 0 Å². The average Bonchev–Trinajstić information content (AvgIpc) is 3.74. The van der Waals surface area contributed by atoms with Crippen LogP contribution in [0.5, 0.6) is 0 Å². The van der Waals surface area contributed by atoms with Gasteiger partial charge >= 0.3 is 0 Å². The Bertz CT molecular complexity index is 1490. The predicted octanol–water partition coefficient (Wildman–Crippen LogP) is 4.88. The van der Waals surface area contributed by atoms with Gasteiger partial charge in [-0.15, -0.1) is 0 Å². The lowest BCUT2D eigenvalue weighted by Crippen LogP contribution is -2.35. The fourth-order valence-electron chi connectivity index (χ4n) is 5.52. The van der Waals surface area contributed by atoms with Crippen molar-refractivity contribution in [2.24, 2.45) is 17.3 Å². The zero-order valence-electron chi connectivity index (χ0n) is 20.8. The van der Waals surface area contributed by atoms with Gasteiger partial charge < -0.3 is 10.2 Å². The summed E-state index contributed by atoms with van der Waals surface area (Å²) in [7, 11) is 0. The molecule has 1 aliphatic heterocycles. The van der Waals surface area contributed by atoms with Crippen molar-refractivity contribution >= 4 is 23.2 Å². The molecule has 6 rings (SSSR count). The Morgan fingerprint density at radius 2 is 2.08 bits per heavy atom.